The average molecular weight is 286 g/mol. The van der Waals surface area contributed by atoms with Crippen molar-refractivity contribution in [2.24, 2.45) is 0 Å². The van der Waals surface area contributed by atoms with Crippen LogP contribution in [0.3, 0.4) is 0 Å². The van der Waals surface area contributed by atoms with E-state index >= 15 is 0 Å². The minimum atomic E-state index is -0.524. The second-order valence-corrected chi connectivity index (χ2v) is 5.08. The van der Waals surface area contributed by atoms with E-state index in [9.17, 15) is 4.39 Å². The Kier molecular flexibility index (Phi) is 3.21. The minimum Gasteiger partial charge on any atom is -0.434 e. The molecule has 1 aromatic carbocycles. The standard InChI is InChI=1S/C15H15FN4O/c1-9(2)11-5-6-20-14(11)15(18-8-19-20)21-13-4-3-10(17)7-12(13)16/h3-9H,17H2,1-2H3. The third-order valence-corrected chi connectivity index (χ3v) is 3.24. The van der Waals surface area contributed by atoms with Gasteiger partial charge in [0.2, 0.25) is 5.88 Å². The maximum Gasteiger partial charge on any atom is 0.247 e. The van der Waals surface area contributed by atoms with Gasteiger partial charge in [-0.15, -0.1) is 0 Å². The molecule has 21 heavy (non-hydrogen) atoms. The van der Waals surface area contributed by atoms with E-state index in [1.165, 1.54) is 18.5 Å². The Morgan fingerprint density at radius 3 is 2.81 bits per heavy atom. The lowest BCUT2D eigenvalue weighted by Gasteiger charge is -2.10. The van der Waals surface area contributed by atoms with Crippen molar-refractivity contribution in [1.82, 2.24) is 14.6 Å². The van der Waals surface area contributed by atoms with Crippen LogP contribution in [0, 0.1) is 5.82 Å². The summed E-state index contributed by atoms with van der Waals surface area (Å²) in [6.07, 6.45) is 3.21. The number of fused-ring (bicyclic) bond motifs is 1. The number of aromatic nitrogens is 3. The number of benzene rings is 1. The Hall–Kier alpha value is -2.63. The second-order valence-electron chi connectivity index (χ2n) is 5.08. The minimum absolute atomic E-state index is 0.0840. The van der Waals surface area contributed by atoms with Crippen LogP contribution in [0.4, 0.5) is 10.1 Å². The van der Waals surface area contributed by atoms with Gasteiger partial charge in [-0.2, -0.15) is 10.1 Å². The second kappa shape index (κ2) is 5.05. The molecule has 0 aliphatic carbocycles. The molecule has 2 aromatic heterocycles. The van der Waals surface area contributed by atoms with Crippen LogP contribution in [0.2, 0.25) is 0 Å². The van der Waals surface area contributed by atoms with Crippen molar-refractivity contribution in [3.8, 4) is 11.6 Å². The maximum atomic E-state index is 13.9. The monoisotopic (exact) mass is 286 g/mol. The van der Waals surface area contributed by atoms with Gasteiger partial charge in [0.05, 0.1) is 0 Å². The van der Waals surface area contributed by atoms with Gasteiger partial charge in [-0.05, 0) is 29.7 Å². The summed E-state index contributed by atoms with van der Waals surface area (Å²) in [5, 5.41) is 4.13. The number of hydrogen-bond donors (Lipinski definition) is 1. The van der Waals surface area contributed by atoms with E-state index in [0.717, 1.165) is 11.1 Å². The van der Waals surface area contributed by atoms with E-state index in [0.29, 0.717) is 11.6 Å². The summed E-state index contributed by atoms with van der Waals surface area (Å²) in [5.74, 6) is 0.159. The fraction of sp³-hybridized carbons (Fsp3) is 0.200. The van der Waals surface area contributed by atoms with Gasteiger partial charge >= 0.3 is 0 Å². The summed E-state index contributed by atoms with van der Waals surface area (Å²) in [4.78, 5) is 4.13. The fourth-order valence-corrected chi connectivity index (χ4v) is 2.19. The smallest absolute Gasteiger partial charge is 0.247 e. The van der Waals surface area contributed by atoms with Crippen molar-refractivity contribution in [1.29, 1.82) is 0 Å². The van der Waals surface area contributed by atoms with Gasteiger partial charge in [0.1, 0.15) is 11.8 Å². The van der Waals surface area contributed by atoms with Crippen LogP contribution in [-0.2, 0) is 0 Å². The Labute approximate surface area is 121 Å². The Morgan fingerprint density at radius 1 is 1.29 bits per heavy atom. The van der Waals surface area contributed by atoms with E-state index < -0.39 is 5.82 Å². The van der Waals surface area contributed by atoms with E-state index in [1.54, 1.807) is 10.6 Å². The molecule has 0 saturated carbocycles. The summed E-state index contributed by atoms with van der Waals surface area (Å²) in [5.41, 5.74) is 7.66. The van der Waals surface area contributed by atoms with Crippen LogP contribution in [0.1, 0.15) is 25.3 Å². The molecule has 0 atom stereocenters. The molecule has 108 valence electrons. The molecule has 0 saturated heterocycles. The molecule has 6 heteroatoms. The van der Waals surface area contributed by atoms with Crippen LogP contribution in [0.5, 0.6) is 11.6 Å². The summed E-state index contributed by atoms with van der Waals surface area (Å²) >= 11 is 0. The SMILES string of the molecule is CC(C)c1ccn2ncnc(Oc3ccc(N)cc3F)c12. The molecule has 3 aromatic rings. The van der Waals surface area contributed by atoms with Crippen molar-refractivity contribution in [3.05, 3.63) is 48.2 Å². The van der Waals surface area contributed by atoms with E-state index in [4.69, 9.17) is 10.5 Å². The first kappa shape index (κ1) is 13.4. The van der Waals surface area contributed by atoms with E-state index in [1.807, 2.05) is 12.3 Å². The number of hydrogen-bond acceptors (Lipinski definition) is 4. The van der Waals surface area contributed by atoms with E-state index in [-0.39, 0.29) is 11.7 Å². The van der Waals surface area contributed by atoms with Crippen LogP contribution < -0.4 is 10.5 Å². The highest BCUT2D eigenvalue weighted by atomic mass is 19.1. The average Bonchev–Trinajstić information content (AvgIpc) is 2.87. The van der Waals surface area contributed by atoms with Gasteiger partial charge in [0.15, 0.2) is 11.6 Å². The lowest BCUT2D eigenvalue weighted by molar-refractivity contribution is 0.428. The zero-order valence-corrected chi connectivity index (χ0v) is 11.7. The molecule has 0 bridgehead atoms. The summed E-state index contributed by atoms with van der Waals surface area (Å²) in [6, 6.07) is 6.25. The van der Waals surface area contributed by atoms with Gasteiger partial charge in [-0.25, -0.2) is 8.91 Å². The normalized spacial score (nSPS) is 11.2. The Morgan fingerprint density at radius 2 is 2.10 bits per heavy atom. The van der Waals surface area contributed by atoms with Gasteiger partial charge in [-0.1, -0.05) is 13.8 Å². The first-order chi connectivity index (χ1) is 10.1. The van der Waals surface area contributed by atoms with Gasteiger partial charge in [-0.3, -0.25) is 0 Å². The fourth-order valence-electron chi connectivity index (χ4n) is 2.19. The number of rotatable bonds is 3. The van der Waals surface area contributed by atoms with Crippen molar-refractivity contribution in [3.63, 3.8) is 0 Å². The zero-order chi connectivity index (χ0) is 15.0. The summed E-state index contributed by atoms with van der Waals surface area (Å²) in [7, 11) is 0. The first-order valence-electron chi connectivity index (χ1n) is 6.61. The molecule has 3 rings (SSSR count). The van der Waals surface area contributed by atoms with E-state index in [2.05, 4.69) is 23.9 Å². The zero-order valence-electron chi connectivity index (χ0n) is 11.7. The molecule has 0 spiro atoms. The molecular formula is C15H15FN4O. The predicted molar refractivity (Wildman–Crippen MR) is 78.0 cm³/mol. The van der Waals surface area contributed by atoms with Crippen LogP contribution in [0.25, 0.3) is 5.52 Å². The number of nitrogen functional groups attached to an aromatic ring is 1. The lowest BCUT2D eigenvalue weighted by Crippen LogP contribution is -1.99. The Balaban J connectivity index is 2.10. The van der Waals surface area contributed by atoms with Crippen molar-refractivity contribution in [2.75, 3.05) is 5.73 Å². The molecule has 0 unspecified atom stereocenters. The number of nitrogens with zero attached hydrogens (tertiary/aromatic N) is 3. The molecular weight excluding hydrogens is 271 g/mol. The molecule has 2 heterocycles. The largest absolute Gasteiger partial charge is 0.434 e. The quantitative estimate of drug-likeness (QED) is 0.750. The van der Waals surface area contributed by atoms with Crippen LogP contribution >= 0.6 is 0 Å². The van der Waals surface area contributed by atoms with Crippen molar-refractivity contribution in [2.45, 2.75) is 19.8 Å². The maximum absolute atomic E-state index is 13.9. The molecule has 0 amide bonds. The predicted octanol–water partition coefficient (Wildman–Crippen LogP) is 3.37. The molecule has 0 radical (unpaired) electrons. The van der Waals surface area contributed by atoms with Gasteiger partial charge in [0, 0.05) is 18.0 Å². The number of halogens is 1. The van der Waals surface area contributed by atoms with Crippen LogP contribution in [0.15, 0.2) is 36.8 Å². The summed E-state index contributed by atoms with van der Waals surface area (Å²) in [6.45, 7) is 4.13. The number of ether oxygens (including phenoxy) is 1. The van der Waals surface area contributed by atoms with Gasteiger partial charge < -0.3 is 10.5 Å². The molecule has 0 aliphatic rings. The highest BCUT2D eigenvalue weighted by molar-refractivity contribution is 5.64. The highest BCUT2D eigenvalue weighted by Gasteiger charge is 2.15. The van der Waals surface area contributed by atoms with Crippen molar-refractivity contribution >= 4 is 11.2 Å². The lowest BCUT2D eigenvalue weighted by atomic mass is 10.1. The highest BCUT2D eigenvalue weighted by Crippen LogP contribution is 2.31. The number of anilines is 1. The molecule has 0 aliphatic heterocycles. The van der Waals surface area contributed by atoms with Gasteiger partial charge in [0.25, 0.3) is 0 Å². The third-order valence-electron chi connectivity index (χ3n) is 3.24. The molecule has 5 nitrogen and oxygen atoms in total. The van der Waals surface area contributed by atoms with Crippen LogP contribution in [-0.4, -0.2) is 14.6 Å². The summed E-state index contributed by atoms with van der Waals surface area (Å²) < 4.78 is 21.2. The molecule has 2 N–H and O–H groups in total. The number of nitrogens with two attached hydrogens (primary N) is 1. The first-order valence-corrected chi connectivity index (χ1v) is 6.61. The third kappa shape index (κ3) is 2.40. The van der Waals surface area contributed by atoms with Crippen molar-refractivity contribution < 1.29 is 9.13 Å². The topological polar surface area (TPSA) is 65.4 Å². The Bertz CT molecular complexity index is 797. The molecule has 0 fully saturated rings.